The monoisotopic (exact) mass is 1060 g/mol. The summed E-state index contributed by atoms with van der Waals surface area (Å²) in [5, 5.41) is 7.30. The molecule has 2 aliphatic rings. The van der Waals surface area contributed by atoms with Gasteiger partial charge in [-0.3, -0.25) is 0 Å². The van der Waals surface area contributed by atoms with Crippen LogP contribution in [0.4, 0.5) is 68.2 Å². The molecule has 0 saturated carbocycles. The molecule has 0 saturated heterocycles. The van der Waals surface area contributed by atoms with Gasteiger partial charge in [0.25, 0.3) is 6.71 Å². The smallest absolute Gasteiger partial charge is 0.252 e. The largest absolute Gasteiger partial charge is 0.311 e. The number of nitrogens with zero attached hydrogens (tertiary/aromatic N) is 4. The van der Waals surface area contributed by atoms with Gasteiger partial charge in [0, 0.05) is 68.2 Å². The maximum absolute atomic E-state index is 2.55. The summed E-state index contributed by atoms with van der Waals surface area (Å²) in [5.74, 6) is 0. The molecule has 0 radical (unpaired) electrons. The van der Waals surface area contributed by atoms with E-state index in [1.807, 2.05) is 0 Å². The molecular weight excluding hydrogens is 1000 g/mol. The van der Waals surface area contributed by atoms with Crippen molar-refractivity contribution in [1.29, 1.82) is 0 Å². The molecule has 2 aliphatic heterocycles. The molecule has 0 fully saturated rings. The Hall–Kier alpha value is -10.9. The number of hydrogen-bond donors (Lipinski definition) is 0. The highest BCUT2D eigenvalue weighted by atomic mass is 15.2. The van der Waals surface area contributed by atoms with E-state index in [1.54, 1.807) is 0 Å². The molecule has 14 aromatic rings. The van der Waals surface area contributed by atoms with Gasteiger partial charge >= 0.3 is 0 Å². The van der Waals surface area contributed by atoms with Crippen molar-refractivity contribution in [2.75, 3.05) is 19.6 Å². The first-order valence-electron chi connectivity index (χ1n) is 28.6. The van der Waals surface area contributed by atoms with Crippen molar-refractivity contribution in [2.45, 2.75) is 0 Å². The van der Waals surface area contributed by atoms with Crippen LogP contribution in [-0.2, 0) is 0 Å². The van der Waals surface area contributed by atoms with Crippen LogP contribution in [0.15, 0.2) is 322 Å². The lowest BCUT2D eigenvalue weighted by Gasteiger charge is -2.45. The second-order valence-electron chi connectivity index (χ2n) is 21.6. The van der Waals surface area contributed by atoms with E-state index in [0.717, 1.165) is 73.8 Å². The minimum atomic E-state index is -0.144. The number of anilines is 12. The molecule has 0 unspecified atom stereocenters. The van der Waals surface area contributed by atoms with E-state index in [2.05, 4.69) is 341 Å². The van der Waals surface area contributed by atoms with Gasteiger partial charge in [-0.25, -0.2) is 0 Å². The lowest BCUT2D eigenvalue weighted by molar-refractivity contribution is 1.23. The summed E-state index contributed by atoms with van der Waals surface area (Å²) >= 11 is 0. The molecule has 0 N–H and O–H groups in total. The third kappa shape index (κ3) is 8.08. The van der Waals surface area contributed by atoms with Crippen LogP contribution in [0.1, 0.15) is 0 Å². The average Bonchev–Trinajstić information content (AvgIpc) is 1.46. The zero-order valence-corrected chi connectivity index (χ0v) is 45.5. The number of rotatable bonds is 10. The Morgan fingerprint density at radius 1 is 0.241 bits per heavy atom. The lowest BCUT2D eigenvalue weighted by Crippen LogP contribution is -2.61. The summed E-state index contributed by atoms with van der Waals surface area (Å²) < 4.78 is 0. The molecule has 0 aromatic heterocycles. The van der Waals surface area contributed by atoms with Crippen molar-refractivity contribution >= 4 is 124 Å². The Morgan fingerprint density at radius 2 is 0.590 bits per heavy atom. The molecule has 14 aromatic carbocycles. The molecule has 5 heteroatoms. The summed E-state index contributed by atoms with van der Waals surface area (Å²) in [4.78, 5) is 9.87. The summed E-state index contributed by atoms with van der Waals surface area (Å²) in [7, 11) is 0. The van der Waals surface area contributed by atoms with Gasteiger partial charge in [-0.1, -0.05) is 206 Å². The standard InChI is InChI=1S/C78H53BN4/c1-7-27-58(28-8-1)80(59-29-9-2-10-30-59)64-45-47-70-72(52-64)82(62-35-15-5-16-36-62)74-50-57(77-68-41-23-21-39-66(68)76(67-40-22-24-42-69(67)77)56-44-43-54-25-19-20-26-55(54)49-56)51-75-78(74)79(70)71-48-46-65(53-73(71)83(75)63-37-17-6-18-38-63)81(60-31-11-3-12-32-60)61-33-13-4-14-34-61/h1-53H. The number of fused-ring (bicyclic) bond motifs is 7. The van der Waals surface area contributed by atoms with Crippen LogP contribution >= 0.6 is 0 Å². The molecule has 16 rings (SSSR count). The Bertz CT molecular complexity index is 4410. The minimum absolute atomic E-state index is 0.144. The highest BCUT2D eigenvalue weighted by molar-refractivity contribution is 7.00. The van der Waals surface area contributed by atoms with E-state index in [1.165, 1.54) is 65.4 Å². The van der Waals surface area contributed by atoms with Gasteiger partial charge in [-0.2, -0.15) is 0 Å². The van der Waals surface area contributed by atoms with Crippen molar-refractivity contribution in [1.82, 2.24) is 0 Å². The Kier molecular flexibility index (Phi) is 11.6. The van der Waals surface area contributed by atoms with Crippen LogP contribution in [0, 0.1) is 0 Å². The molecule has 388 valence electrons. The summed E-state index contributed by atoms with van der Waals surface area (Å²) in [5.41, 5.74) is 21.7. The predicted octanol–water partition coefficient (Wildman–Crippen LogP) is 19.5. The van der Waals surface area contributed by atoms with Crippen LogP contribution in [-0.4, -0.2) is 6.71 Å². The van der Waals surface area contributed by atoms with Gasteiger partial charge in [-0.05, 0) is 186 Å². The molecule has 0 amide bonds. The fourth-order valence-electron chi connectivity index (χ4n) is 13.4. The maximum Gasteiger partial charge on any atom is 0.252 e. The van der Waals surface area contributed by atoms with E-state index in [9.17, 15) is 0 Å². The quantitative estimate of drug-likeness (QED) is 0.0999. The fraction of sp³-hybridized carbons (Fsp3) is 0. The first kappa shape index (κ1) is 48.1. The summed E-state index contributed by atoms with van der Waals surface area (Å²) in [6.07, 6.45) is 0. The third-order valence-corrected chi connectivity index (χ3v) is 16.9. The van der Waals surface area contributed by atoms with Crippen molar-refractivity contribution in [3.05, 3.63) is 322 Å². The molecule has 83 heavy (non-hydrogen) atoms. The van der Waals surface area contributed by atoms with Crippen LogP contribution in [0.25, 0.3) is 54.6 Å². The highest BCUT2D eigenvalue weighted by Crippen LogP contribution is 2.51. The molecular formula is C78H53BN4. The SMILES string of the molecule is c1ccc(N(c2ccccc2)c2ccc3c(c2)N(c2ccccc2)c2cc(-c4c5ccccc5c(-c5ccc6ccccc6c5)c5ccccc45)cc4c2B3c2ccc(N(c3ccccc3)c3ccccc3)cc2N4c2ccccc2)cc1. The van der Waals surface area contributed by atoms with Gasteiger partial charge in [0.05, 0.1) is 0 Å². The molecule has 0 bridgehead atoms. The summed E-state index contributed by atoms with van der Waals surface area (Å²) in [6, 6.07) is 118. The van der Waals surface area contributed by atoms with Gasteiger partial charge in [-0.15, -0.1) is 0 Å². The van der Waals surface area contributed by atoms with Crippen LogP contribution in [0.5, 0.6) is 0 Å². The number of hydrogen-bond acceptors (Lipinski definition) is 4. The lowest BCUT2D eigenvalue weighted by atomic mass is 9.33. The fourth-order valence-corrected chi connectivity index (χ4v) is 13.4. The topological polar surface area (TPSA) is 13.0 Å². The second kappa shape index (κ2) is 20.0. The highest BCUT2D eigenvalue weighted by Gasteiger charge is 2.44. The maximum atomic E-state index is 2.55. The minimum Gasteiger partial charge on any atom is -0.311 e. The average molecular weight is 1060 g/mol. The van der Waals surface area contributed by atoms with Gasteiger partial charge in [0.15, 0.2) is 0 Å². The Labute approximate surface area is 484 Å². The predicted molar refractivity (Wildman–Crippen MR) is 353 cm³/mol. The van der Waals surface area contributed by atoms with Crippen molar-refractivity contribution in [3.63, 3.8) is 0 Å². The van der Waals surface area contributed by atoms with E-state index in [4.69, 9.17) is 0 Å². The Balaban J connectivity index is 1.02. The van der Waals surface area contributed by atoms with Crippen LogP contribution < -0.4 is 36.0 Å². The van der Waals surface area contributed by atoms with Crippen molar-refractivity contribution in [3.8, 4) is 22.3 Å². The van der Waals surface area contributed by atoms with Gasteiger partial charge in [0.2, 0.25) is 0 Å². The van der Waals surface area contributed by atoms with Crippen molar-refractivity contribution in [2.24, 2.45) is 0 Å². The molecule has 0 atom stereocenters. The van der Waals surface area contributed by atoms with Gasteiger partial charge < -0.3 is 19.6 Å². The second-order valence-corrected chi connectivity index (χ2v) is 21.6. The van der Waals surface area contributed by atoms with Crippen LogP contribution in [0.2, 0.25) is 0 Å². The molecule has 0 aliphatic carbocycles. The third-order valence-electron chi connectivity index (χ3n) is 16.9. The van der Waals surface area contributed by atoms with Gasteiger partial charge in [0.1, 0.15) is 0 Å². The normalized spacial score (nSPS) is 12.3. The van der Waals surface area contributed by atoms with Crippen LogP contribution in [0.3, 0.4) is 0 Å². The zero-order valence-electron chi connectivity index (χ0n) is 45.5. The first-order chi connectivity index (χ1) is 41.2. The van der Waals surface area contributed by atoms with E-state index in [-0.39, 0.29) is 6.71 Å². The van der Waals surface area contributed by atoms with E-state index >= 15 is 0 Å². The zero-order chi connectivity index (χ0) is 54.8. The molecule has 2 heterocycles. The molecule has 0 spiro atoms. The van der Waals surface area contributed by atoms with Crippen molar-refractivity contribution < 1.29 is 0 Å². The number of para-hydroxylation sites is 6. The van der Waals surface area contributed by atoms with E-state index < -0.39 is 0 Å². The van der Waals surface area contributed by atoms with E-state index in [0.29, 0.717) is 0 Å². The Morgan fingerprint density at radius 3 is 1.00 bits per heavy atom. The molecule has 4 nitrogen and oxygen atoms in total. The summed E-state index contributed by atoms with van der Waals surface area (Å²) in [6.45, 7) is -0.144. The number of benzene rings is 14. The first-order valence-corrected chi connectivity index (χ1v) is 28.6.